The van der Waals surface area contributed by atoms with Gasteiger partial charge in [-0.25, -0.2) is 0 Å². The SMILES string of the molecule is Cc1nnc(-c2ccccc2[N+](=O)[O-])nn1. The van der Waals surface area contributed by atoms with E-state index in [-0.39, 0.29) is 11.5 Å². The number of nitro benzene ring substituents is 1. The molecule has 2 rings (SSSR count). The second-order valence-corrected chi connectivity index (χ2v) is 3.05. The summed E-state index contributed by atoms with van der Waals surface area (Å²) in [5.41, 5.74) is 0.252. The van der Waals surface area contributed by atoms with Gasteiger partial charge in [0.2, 0.25) is 5.82 Å². The summed E-state index contributed by atoms with van der Waals surface area (Å²) in [6, 6.07) is 6.20. The van der Waals surface area contributed by atoms with Crippen LogP contribution in [0.1, 0.15) is 5.82 Å². The molecule has 0 saturated carbocycles. The quantitative estimate of drug-likeness (QED) is 0.553. The van der Waals surface area contributed by atoms with Gasteiger partial charge in [-0.3, -0.25) is 10.1 Å². The highest BCUT2D eigenvalue weighted by molar-refractivity contribution is 5.66. The largest absolute Gasteiger partial charge is 0.280 e. The van der Waals surface area contributed by atoms with Gasteiger partial charge in [-0.05, 0) is 13.0 Å². The zero-order chi connectivity index (χ0) is 11.5. The molecule has 80 valence electrons. The Balaban J connectivity index is 2.55. The molecule has 1 heterocycles. The smallest absolute Gasteiger partial charge is 0.258 e. The van der Waals surface area contributed by atoms with Crippen LogP contribution in [0.25, 0.3) is 11.4 Å². The molecular formula is C9H7N5O2. The molecule has 16 heavy (non-hydrogen) atoms. The molecule has 0 spiro atoms. The number of hydrogen-bond acceptors (Lipinski definition) is 6. The normalized spacial score (nSPS) is 10.1. The number of nitro groups is 1. The predicted octanol–water partition coefficient (Wildman–Crippen LogP) is 1.15. The van der Waals surface area contributed by atoms with Gasteiger partial charge in [0, 0.05) is 6.07 Å². The van der Waals surface area contributed by atoms with Gasteiger partial charge in [-0.2, -0.15) is 0 Å². The lowest BCUT2D eigenvalue weighted by molar-refractivity contribution is -0.384. The Bertz CT molecular complexity index is 526. The van der Waals surface area contributed by atoms with Gasteiger partial charge in [-0.15, -0.1) is 20.4 Å². The minimum absolute atomic E-state index is 0.0602. The minimum Gasteiger partial charge on any atom is -0.258 e. The van der Waals surface area contributed by atoms with E-state index in [0.717, 1.165) is 0 Å². The second-order valence-electron chi connectivity index (χ2n) is 3.05. The van der Waals surface area contributed by atoms with E-state index in [4.69, 9.17) is 0 Å². The van der Waals surface area contributed by atoms with Gasteiger partial charge in [0.15, 0.2) is 5.82 Å². The van der Waals surface area contributed by atoms with Gasteiger partial charge >= 0.3 is 0 Å². The number of para-hydroxylation sites is 1. The minimum atomic E-state index is -0.488. The fraction of sp³-hybridized carbons (Fsp3) is 0.111. The Morgan fingerprint density at radius 2 is 1.75 bits per heavy atom. The van der Waals surface area contributed by atoms with Crippen molar-refractivity contribution in [3.8, 4) is 11.4 Å². The average Bonchev–Trinajstić information content (AvgIpc) is 2.30. The molecule has 0 bridgehead atoms. The summed E-state index contributed by atoms with van der Waals surface area (Å²) in [6.07, 6.45) is 0. The van der Waals surface area contributed by atoms with Crippen molar-refractivity contribution in [2.75, 3.05) is 0 Å². The summed E-state index contributed by atoms with van der Waals surface area (Å²) in [4.78, 5) is 10.3. The van der Waals surface area contributed by atoms with Crippen LogP contribution in [-0.4, -0.2) is 25.3 Å². The molecule has 0 unspecified atom stereocenters. The third-order valence-electron chi connectivity index (χ3n) is 1.92. The first kappa shape index (κ1) is 10.1. The standard InChI is InChI=1S/C9H7N5O2/c1-6-10-12-9(13-11-6)7-4-2-3-5-8(7)14(15)16/h2-5H,1H3. The molecule has 0 aliphatic carbocycles. The number of hydrogen-bond donors (Lipinski definition) is 0. The number of nitrogens with zero attached hydrogens (tertiary/aromatic N) is 5. The van der Waals surface area contributed by atoms with Crippen molar-refractivity contribution < 1.29 is 4.92 Å². The maximum absolute atomic E-state index is 10.8. The van der Waals surface area contributed by atoms with E-state index in [9.17, 15) is 10.1 Å². The maximum atomic E-state index is 10.8. The molecule has 7 nitrogen and oxygen atoms in total. The molecule has 1 aromatic heterocycles. The summed E-state index contributed by atoms with van der Waals surface area (Å²) in [5.74, 6) is 0.570. The van der Waals surface area contributed by atoms with Crippen LogP contribution < -0.4 is 0 Å². The van der Waals surface area contributed by atoms with Crippen LogP contribution in [0.2, 0.25) is 0 Å². The first-order valence-electron chi connectivity index (χ1n) is 4.46. The molecule has 1 aromatic carbocycles. The van der Waals surface area contributed by atoms with E-state index >= 15 is 0 Å². The van der Waals surface area contributed by atoms with Crippen molar-refractivity contribution in [2.24, 2.45) is 0 Å². The average molecular weight is 217 g/mol. The molecular weight excluding hydrogens is 210 g/mol. The number of aromatic nitrogens is 4. The van der Waals surface area contributed by atoms with Crippen molar-refractivity contribution in [3.05, 3.63) is 40.2 Å². The molecule has 7 heteroatoms. The van der Waals surface area contributed by atoms with E-state index < -0.39 is 4.92 Å². The van der Waals surface area contributed by atoms with E-state index in [1.807, 2.05) is 0 Å². The Hall–Kier alpha value is -2.44. The lowest BCUT2D eigenvalue weighted by Gasteiger charge is -1.99. The third-order valence-corrected chi connectivity index (χ3v) is 1.92. The first-order chi connectivity index (χ1) is 7.68. The highest BCUT2D eigenvalue weighted by Crippen LogP contribution is 2.25. The van der Waals surface area contributed by atoms with Crippen LogP contribution in [0.3, 0.4) is 0 Å². The third kappa shape index (κ3) is 1.83. The fourth-order valence-electron chi connectivity index (χ4n) is 1.21. The Morgan fingerprint density at radius 3 is 2.38 bits per heavy atom. The van der Waals surface area contributed by atoms with Gasteiger partial charge in [0.25, 0.3) is 5.69 Å². The highest BCUT2D eigenvalue weighted by atomic mass is 16.6. The summed E-state index contributed by atoms with van der Waals surface area (Å²) < 4.78 is 0. The predicted molar refractivity (Wildman–Crippen MR) is 54.4 cm³/mol. The molecule has 0 atom stereocenters. The monoisotopic (exact) mass is 217 g/mol. The molecule has 0 N–H and O–H groups in total. The molecule has 0 aliphatic rings. The molecule has 2 aromatic rings. The van der Waals surface area contributed by atoms with Crippen LogP contribution in [-0.2, 0) is 0 Å². The lowest BCUT2D eigenvalue weighted by Crippen LogP contribution is -2.00. The number of benzene rings is 1. The van der Waals surface area contributed by atoms with Gasteiger partial charge in [0.05, 0.1) is 4.92 Å². The number of aryl methyl sites for hydroxylation is 1. The molecule has 0 fully saturated rings. The van der Waals surface area contributed by atoms with Crippen molar-refractivity contribution in [3.63, 3.8) is 0 Å². The summed E-state index contributed by atoms with van der Waals surface area (Å²) >= 11 is 0. The fourth-order valence-corrected chi connectivity index (χ4v) is 1.21. The topological polar surface area (TPSA) is 94.7 Å². The summed E-state index contributed by atoms with van der Waals surface area (Å²) in [5, 5.41) is 25.7. The maximum Gasteiger partial charge on any atom is 0.280 e. The van der Waals surface area contributed by atoms with E-state index in [1.165, 1.54) is 6.07 Å². The molecule has 0 amide bonds. The van der Waals surface area contributed by atoms with Crippen molar-refractivity contribution >= 4 is 5.69 Å². The number of rotatable bonds is 2. The van der Waals surface area contributed by atoms with E-state index in [1.54, 1.807) is 25.1 Å². The van der Waals surface area contributed by atoms with Crippen LogP contribution in [0.5, 0.6) is 0 Å². The van der Waals surface area contributed by atoms with Crippen LogP contribution in [0.15, 0.2) is 24.3 Å². The van der Waals surface area contributed by atoms with E-state index in [0.29, 0.717) is 11.4 Å². The zero-order valence-electron chi connectivity index (χ0n) is 8.36. The van der Waals surface area contributed by atoms with Crippen molar-refractivity contribution in [1.82, 2.24) is 20.4 Å². The Morgan fingerprint density at radius 1 is 1.12 bits per heavy atom. The van der Waals surface area contributed by atoms with Crippen molar-refractivity contribution in [2.45, 2.75) is 6.92 Å². The Labute approximate surface area is 90.3 Å². The highest BCUT2D eigenvalue weighted by Gasteiger charge is 2.16. The van der Waals surface area contributed by atoms with Crippen LogP contribution in [0, 0.1) is 17.0 Å². The zero-order valence-corrected chi connectivity index (χ0v) is 8.36. The molecule has 0 radical (unpaired) electrons. The summed E-state index contributed by atoms with van der Waals surface area (Å²) in [6.45, 7) is 1.64. The van der Waals surface area contributed by atoms with E-state index in [2.05, 4.69) is 20.4 Å². The summed E-state index contributed by atoms with van der Waals surface area (Å²) in [7, 11) is 0. The van der Waals surface area contributed by atoms with Gasteiger partial charge < -0.3 is 0 Å². The Kier molecular flexibility index (Phi) is 2.50. The molecule has 0 aliphatic heterocycles. The van der Waals surface area contributed by atoms with Gasteiger partial charge in [0.1, 0.15) is 5.56 Å². The van der Waals surface area contributed by atoms with Crippen LogP contribution in [0.4, 0.5) is 5.69 Å². The van der Waals surface area contributed by atoms with Crippen molar-refractivity contribution in [1.29, 1.82) is 0 Å². The lowest BCUT2D eigenvalue weighted by atomic mass is 10.2. The van der Waals surface area contributed by atoms with Crippen LogP contribution >= 0.6 is 0 Å². The molecule has 0 saturated heterocycles. The second kappa shape index (κ2) is 3.97. The first-order valence-corrected chi connectivity index (χ1v) is 4.46. The van der Waals surface area contributed by atoms with Gasteiger partial charge in [-0.1, -0.05) is 12.1 Å².